The number of hydrogen-bond acceptors (Lipinski definition) is 5. The maximum absolute atomic E-state index is 12.5. The molecule has 108 valence electrons. The van der Waals surface area contributed by atoms with Crippen molar-refractivity contribution in [1.29, 1.82) is 0 Å². The van der Waals surface area contributed by atoms with Crippen molar-refractivity contribution in [2.24, 2.45) is 5.73 Å². The topological polar surface area (TPSA) is 81.4 Å². The fourth-order valence-electron chi connectivity index (χ4n) is 2.01. The Balaban J connectivity index is 2.30. The van der Waals surface area contributed by atoms with Crippen LogP contribution < -0.4 is 10.5 Å². The molecular weight excluding hydrogens is 352 g/mol. The number of halogens is 1. The van der Waals surface area contributed by atoms with Gasteiger partial charge in [0.2, 0.25) is 10.0 Å². The van der Waals surface area contributed by atoms with Crippen LogP contribution in [0.3, 0.4) is 0 Å². The van der Waals surface area contributed by atoms with Crippen LogP contribution in [0.15, 0.2) is 14.7 Å². The van der Waals surface area contributed by atoms with E-state index in [2.05, 4.69) is 20.7 Å². The zero-order chi connectivity index (χ0) is 14.3. The van der Waals surface area contributed by atoms with Crippen LogP contribution >= 0.6 is 27.3 Å². The molecule has 2 unspecified atom stereocenters. The van der Waals surface area contributed by atoms with Gasteiger partial charge in [-0.05, 0) is 42.3 Å². The van der Waals surface area contributed by atoms with Gasteiger partial charge in [0.05, 0.1) is 15.4 Å². The minimum atomic E-state index is -3.58. The number of sulfonamides is 1. The number of rotatable bonds is 4. The summed E-state index contributed by atoms with van der Waals surface area (Å²) < 4.78 is 33.7. The molecule has 1 aromatic heterocycles. The van der Waals surface area contributed by atoms with E-state index < -0.39 is 15.6 Å². The van der Waals surface area contributed by atoms with Crippen molar-refractivity contribution in [2.45, 2.75) is 43.4 Å². The summed E-state index contributed by atoms with van der Waals surface area (Å²) in [5.41, 5.74) is 4.97. The average Bonchev–Trinajstić information content (AvgIpc) is 2.83. The normalized spacial score (nSPS) is 27.9. The molecule has 8 heteroatoms. The van der Waals surface area contributed by atoms with Crippen LogP contribution in [0.1, 0.15) is 25.1 Å². The molecule has 0 aliphatic carbocycles. The predicted molar refractivity (Wildman–Crippen MR) is 78.7 cm³/mol. The van der Waals surface area contributed by atoms with Crippen LogP contribution in [-0.2, 0) is 21.3 Å². The van der Waals surface area contributed by atoms with Crippen LogP contribution in [-0.4, -0.2) is 26.7 Å². The zero-order valence-corrected chi connectivity index (χ0v) is 14.0. The largest absolute Gasteiger partial charge is 0.376 e. The molecule has 2 atom stereocenters. The third-order valence-corrected chi connectivity index (χ3v) is 7.34. The van der Waals surface area contributed by atoms with Gasteiger partial charge in [-0.2, -0.15) is 0 Å². The molecule has 0 bridgehead atoms. The lowest BCUT2D eigenvalue weighted by Gasteiger charge is -2.28. The van der Waals surface area contributed by atoms with Crippen molar-refractivity contribution >= 4 is 37.3 Å². The molecule has 0 amide bonds. The summed E-state index contributed by atoms with van der Waals surface area (Å²) >= 11 is 4.63. The highest BCUT2D eigenvalue weighted by atomic mass is 79.9. The highest BCUT2D eigenvalue weighted by Gasteiger charge is 2.41. The van der Waals surface area contributed by atoms with E-state index in [9.17, 15) is 8.42 Å². The maximum Gasteiger partial charge on any atom is 0.243 e. The van der Waals surface area contributed by atoms with E-state index in [-0.39, 0.29) is 11.0 Å². The third-order valence-electron chi connectivity index (χ3n) is 3.45. The Bertz CT molecular complexity index is 572. The van der Waals surface area contributed by atoms with E-state index in [1.807, 2.05) is 13.8 Å². The van der Waals surface area contributed by atoms with Gasteiger partial charge in [0, 0.05) is 18.0 Å². The monoisotopic (exact) mass is 368 g/mol. The maximum atomic E-state index is 12.5. The van der Waals surface area contributed by atoms with Crippen LogP contribution in [0, 0.1) is 0 Å². The molecule has 2 heterocycles. The van der Waals surface area contributed by atoms with Gasteiger partial charge in [-0.15, -0.1) is 11.3 Å². The van der Waals surface area contributed by atoms with Crippen LogP contribution in [0.25, 0.3) is 0 Å². The molecule has 1 aliphatic heterocycles. The highest BCUT2D eigenvalue weighted by Crippen LogP contribution is 2.34. The molecular formula is C11H17BrN2O3S2. The molecule has 0 aromatic carbocycles. The highest BCUT2D eigenvalue weighted by molar-refractivity contribution is 9.11. The number of hydrogen-bond donors (Lipinski definition) is 2. The van der Waals surface area contributed by atoms with E-state index in [0.717, 1.165) is 4.88 Å². The summed E-state index contributed by atoms with van der Waals surface area (Å²) in [4.78, 5) is 1.08. The van der Waals surface area contributed by atoms with Gasteiger partial charge in [-0.1, -0.05) is 0 Å². The Hall–Kier alpha value is 0.01000. The number of ether oxygens (including phenoxy) is 1. The summed E-state index contributed by atoms with van der Waals surface area (Å²) in [6.07, 6.45) is 0.521. The Morgan fingerprint density at radius 1 is 1.68 bits per heavy atom. The number of nitrogens with one attached hydrogen (secondary N) is 1. The second-order valence-corrected chi connectivity index (χ2v) is 8.95. The Kier molecular flexibility index (Phi) is 4.39. The Morgan fingerprint density at radius 3 is 2.84 bits per heavy atom. The van der Waals surface area contributed by atoms with Crippen molar-refractivity contribution in [2.75, 3.05) is 6.61 Å². The molecule has 1 fully saturated rings. The minimum Gasteiger partial charge on any atom is -0.376 e. The van der Waals surface area contributed by atoms with Gasteiger partial charge < -0.3 is 10.5 Å². The zero-order valence-electron chi connectivity index (χ0n) is 10.8. The summed E-state index contributed by atoms with van der Waals surface area (Å²) in [5.74, 6) is 0. The van der Waals surface area contributed by atoms with Gasteiger partial charge in [0.25, 0.3) is 0 Å². The van der Waals surface area contributed by atoms with E-state index in [4.69, 9.17) is 10.5 Å². The lowest BCUT2D eigenvalue weighted by Crippen LogP contribution is -2.50. The van der Waals surface area contributed by atoms with Gasteiger partial charge in [-0.25, -0.2) is 13.1 Å². The van der Waals surface area contributed by atoms with Gasteiger partial charge in [0.1, 0.15) is 4.90 Å². The number of nitrogens with two attached hydrogens (primary N) is 1. The fraction of sp³-hybridized carbons (Fsp3) is 0.636. The SMILES string of the molecule is CC1OCCC1(C)NS(=O)(=O)c1cc(CN)sc1Br. The second-order valence-electron chi connectivity index (χ2n) is 4.84. The minimum absolute atomic E-state index is 0.145. The first-order valence-electron chi connectivity index (χ1n) is 5.92. The fourth-order valence-corrected chi connectivity index (χ4v) is 6.07. The van der Waals surface area contributed by atoms with Gasteiger partial charge >= 0.3 is 0 Å². The van der Waals surface area contributed by atoms with Crippen LogP contribution in [0.5, 0.6) is 0 Å². The molecule has 1 saturated heterocycles. The Morgan fingerprint density at radius 2 is 2.37 bits per heavy atom. The lowest BCUT2D eigenvalue weighted by molar-refractivity contribution is 0.0957. The second kappa shape index (κ2) is 5.42. The third kappa shape index (κ3) is 3.03. The summed E-state index contributed by atoms with van der Waals surface area (Å²) in [6, 6.07) is 1.61. The van der Waals surface area contributed by atoms with E-state index >= 15 is 0 Å². The first-order valence-corrected chi connectivity index (χ1v) is 9.01. The molecule has 1 aromatic rings. The molecule has 5 nitrogen and oxygen atoms in total. The number of thiophene rings is 1. The smallest absolute Gasteiger partial charge is 0.243 e. The van der Waals surface area contributed by atoms with E-state index in [1.54, 1.807) is 6.07 Å². The van der Waals surface area contributed by atoms with Crippen LogP contribution in [0.4, 0.5) is 0 Å². The van der Waals surface area contributed by atoms with Crippen molar-refractivity contribution in [3.05, 3.63) is 14.7 Å². The van der Waals surface area contributed by atoms with E-state index in [0.29, 0.717) is 23.4 Å². The van der Waals surface area contributed by atoms with Crippen molar-refractivity contribution in [3.8, 4) is 0 Å². The first-order chi connectivity index (χ1) is 8.78. The lowest BCUT2D eigenvalue weighted by atomic mass is 9.97. The van der Waals surface area contributed by atoms with Crippen LogP contribution in [0.2, 0.25) is 0 Å². The standard InChI is InChI=1S/C11H17BrN2O3S2/c1-7-11(2,3-4-17-7)14-19(15,16)9-5-8(6-13)18-10(9)12/h5,7,14H,3-4,6,13H2,1-2H3. The molecule has 0 saturated carbocycles. The molecule has 0 spiro atoms. The molecule has 19 heavy (non-hydrogen) atoms. The molecule has 0 radical (unpaired) electrons. The summed E-state index contributed by atoms with van der Waals surface area (Å²) in [6.45, 7) is 4.64. The molecule has 1 aliphatic rings. The first kappa shape index (κ1) is 15.4. The Labute approximate surface area is 125 Å². The molecule has 3 N–H and O–H groups in total. The van der Waals surface area contributed by atoms with Crippen molar-refractivity contribution in [3.63, 3.8) is 0 Å². The van der Waals surface area contributed by atoms with Crippen molar-refractivity contribution < 1.29 is 13.2 Å². The molecule has 2 rings (SSSR count). The van der Waals surface area contributed by atoms with Crippen molar-refractivity contribution in [1.82, 2.24) is 4.72 Å². The predicted octanol–water partition coefficient (Wildman–Crippen LogP) is 1.82. The quantitative estimate of drug-likeness (QED) is 0.848. The summed E-state index contributed by atoms with van der Waals surface area (Å²) in [5, 5.41) is 0. The van der Waals surface area contributed by atoms with Gasteiger partial charge in [-0.3, -0.25) is 0 Å². The average molecular weight is 369 g/mol. The van der Waals surface area contributed by atoms with Gasteiger partial charge in [0.15, 0.2) is 0 Å². The summed E-state index contributed by atoms with van der Waals surface area (Å²) in [7, 11) is -3.58. The van der Waals surface area contributed by atoms with E-state index in [1.165, 1.54) is 11.3 Å².